The molecular formula is C14H18N2S. The van der Waals surface area contributed by atoms with Crippen molar-refractivity contribution in [3.8, 4) is 0 Å². The van der Waals surface area contributed by atoms with Crippen LogP contribution in [0.4, 0.5) is 0 Å². The molecule has 0 bridgehead atoms. The van der Waals surface area contributed by atoms with Crippen molar-refractivity contribution < 1.29 is 0 Å². The average molecular weight is 246 g/mol. The number of hydrogen-bond donors (Lipinski definition) is 1. The van der Waals surface area contributed by atoms with E-state index in [0.29, 0.717) is 0 Å². The molecule has 1 N–H and O–H groups in total. The monoisotopic (exact) mass is 246 g/mol. The summed E-state index contributed by atoms with van der Waals surface area (Å²) in [5, 5.41) is 6.72. The minimum atomic E-state index is 1.03. The van der Waals surface area contributed by atoms with Gasteiger partial charge in [-0.05, 0) is 24.9 Å². The highest BCUT2D eigenvalue weighted by atomic mass is 32.1. The third-order valence-corrected chi connectivity index (χ3v) is 3.50. The molecule has 0 radical (unpaired) electrons. The number of aromatic nitrogens is 1. The van der Waals surface area contributed by atoms with Crippen LogP contribution < -0.4 is 5.32 Å². The smallest absolute Gasteiger partial charge is 0.0937 e. The topological polar surface area (TPSA) is 24.9 Å². The number of nitrogens with one attached hydrogen (secondary N) is 1. The molecule has 0 atom stereocenters. The summed E-state index contributed by atoms with van der Waals surface area (Å²) in [5.74, 6) is 0. The highest BCUT2D eigenvalue weighted by Gasteiger charge is 1.95. The number of thiazole rings is 1. The standard InChI is InChI=1S/C14H18N2S/c1-2-5-13(6-3-1)7-4-9-15-10-8-14-16-11-12-17-14/h1-3,5-6,11-12,15H,4,7-10H2. The van der Waals surface area contributed by atoms with Gasteiger partial charge in [0.15, 0.2) is 0 Å². The highest BCUT2D eigenvalue weighted by Crippen LogP contribution is 2.04. The third-order valence-electron chi connectivity index (χ3n) is 2.66. The number of benzene rings is 1. The van der Waals surface area contributed by atoms with E-state index in [9.17, 15) is 0 Å². The molecular weight excluding hydrogens is 228 g/mol. The number of nitrogens with zero attached hydrogens (tertiary/aromatic N) is 1. The van der Waals surface area contributed by atoms with Crippen molar-refractivity contribution in [3.63, 3.8) is 0 Å². The molecule has 3 heteroatoms. The summed E-state index contributed by atoms with van der Waals surface area (Å²) >= 11 is 1.73. The third kappa shape index (κ3) is 4.67. The van der Waals surface area contributed by atoms with Crippen LogP contribution >= 0.6 is 11.3 Å². The van der Waals surface area contributed by atoms with Crippen LogP contribution in [0.5, 0.6) is 0 Å². The average Bonchev–Trinajstić information content (AvgIpc) is 2.88. The van der Waals surface area contributed by atoms with Crippen molar-refractivity contribution in [2.45, 2.75) is 19.3 Å². The zero-order valence-corrected chi connectivity index (χ0v) is 10.7. The quantitative estimate of drug-likeness (QED) is 0.760. The second-order valence-corrected chi connectivity index (χ2v) is 4.99. The Labute approximate surface area is 107 Å². The minimum Gasteiger partial charge on any atom is -0.316 e. The highest BCUT2D eigenvalue weighted by molar-refractivity contribution is 7.09. The molecule has 2 rings (SSSR count). The van der Waals surface area contributed by atoms with E-state index < -0.39 is 0 Å². The maximum Gasteiger partial charge on any atom is 0.0937 e. The molecule has 2 aromatic rings. The molecule has 0 amide bonds. The number of rotatable bonds is 7. The van der Waals surface area contributed by atoms with Gasteiger partial charge in [-0.2, -0.15) is 0 Å². The Morgan fingerprint density at radius 3 is 2.71 bits per heavy atom. The van der Waals surface area contributed by atoms with Gasteiger partial charge in [-0.1, -0.05) is 30.3 Å². The normalized spacial score (nSPS) is 10.6. The lowest BCUT2D eigenvalue weighted by atomic mass is 10.1. The minimum absolute atomic E-state index is 1.03. The Balaban J connectivity index is 1.52. The van der Waals surface area contributed by atoms with Crippen molar-refractivity contribution in [3.05, 3.63) is 52.5 Å². The van der Waals surface area contributed by atoms with E-state index in [1.807, 2.05) is 11.6 Å². The molecule has 1 aromatic heterocycles. The van der Waals surface area contributed by atoms with Gasteiger partial charge in [-0.3, -0.25) is 0 Å². The van der Waals surface area contributed by atoms with Crippen LogP contribution in [0.15, 0.2) is 41.9 Å². The summed E-state index contributed by atoms with van der Waals surface area (Å²) in [5.41, 5.74) is 1.43. The van der Waals surface area contributed by atoms with Gasteiger partial charge in [0, 0.05) is 24.5 Å². The Morgan fingerprint density at radius 1 is 1.06 bits per heavy atom. The van der Waals surface area contributed by atoms with Gasteiger partial charge in [0.05, 0.1) is 5.01 Å². The molecule has 0 saturated carbocycles. The molecule has 0 aliphatic rings. The Kier molecular flexibility index (Phi) is 5.20. The van der Waals surface area contributed by atoms with Crippen LogP contribution in [0.3, 0.4) is 0 Å². The van der Waals surface area contributed by atoms with E-state index in [4.69, 9.17) is 0 Å². The van der Waals surface area contributed by atoms with E-state index in [0.717, 1.165) is 25.9 Å². The Morgan fingerprint density at radius 2 is 1.94 bits per heavy atom. The largest absolute Gasteiger partial charge is 0.316 e. The molecule has 0 aliphatic carbocycles. The summed E-state index contributed by atoms with van der Waals surface area (Å²) in [7, 11) is 0. The van der Waals surface area contributed by atoms with Crippen molar-refractivity contribution in [2.24, 2.45) is 0 Å². The predicted molar refractivity (Wildman–Crippen MR) is 73.5 cm³/mol. The fraction of sp³-hybridized carbons (Fsp3) is 0.357. The first-order chi connectivity index (χ1) is 8.45. The molecule has 1 heterocycles. The first-order valence-corrected chi connectivity index (χ1v) is 6.96. The van der Waals surface area contributed by atoms with Crippen molar-refractivity contribution in [2.75, 3.05) is 13.1 Å². The molecule has 90 valence electrons. The second-order valence-electron chi connectivity index (χ2n) is 4.01. The van der Waals surface area contributed by atoms with Crippen LogP contribution in [-0.4, -0.2) is 18.1 Å². The lowest BCUT2D eigenvalue weighted by Crippen LogP contribution is -2.18. The summed E-state index contributed by atoms with van der Waals surface area (Å²) in [6, 6.07) is 10.7. The van der Waals surface area contributed by atoms with E-state index >= 15 is 0 Å². The maximum atomic E-state index is 4.26. The molecule has 0 aliphatic heterocycles. The van der Waals surface area contributed by atoms with Crippen molar-refractivity contribution in [1.29, 1.82) is 0 Å². The van der Waals surface area contributed by atoms with Crippen LogP contribution in [-0.2, 0) is 12.8 Å². The summed E-state index contributed by atoms with van der Waals surface area (Å²) in [4.78, 5) is 4.26. The lowest BCUT2D eigenvalue weighted by molar-refractivity contribution is 0.646. The first kappa shape index (κ1) is 12.3. The molecule has 0 saturated heterocycles. The predicted octanol–water partition coefficient (Wildman–Crippen LogP) is 2.91. The molecule has 0 fully saturated rings. The molecule has 0 spiro atoms. The number of aryl methyl sites for hydroxylation is 1. The van der Waals surface area contributed by atoms with Gasteiger partial charge < -0.3 is 5.32 Å². The number of hydrogen-bond acceptors (Lipinski definition) is 3. The van der Waals surface area contributed by atoms with E-state index in [1.165, 1.54) is 17.0 Å². The van der Waals surface area contributed by atoms with Gasteiger partial charge in [0.2, 0.25) is 0 Å². The van der Waals surface area contributed by atoms with Crippen LogP contribution in [0.2, 0.25) is 0 Å². The Bertz CT molecular complexity index is 397. The SMILES string of the molecule is c1ccc(CCCNCCc2nccs2)cc1. The maximum absolute atomic E-state index is 4.26. The van der Waals surface area contributed by atoms with Crippen molar-refractivity contribution in [1.82, 2.24) is 10.3 Å². The lowest BCUT2D eigenvalue weighted by Gasteiger charge is -2.03. The molecule has 17 heavy (non-hydrogen) atoms. The first-order valence-electron chi connectivity index (χ1n) is 6.08. The van der Waals surface area contributed by atoms with E-state index in [1.54, 1.807) is 11.3 Å². The summed E-state index contributed by atoms with van der Waals surface area (Å²) < 4.78 is 0. The molecule has 0 unspecified atom stereocenters. The van der Waals surface area contributed by atoms with Crippen LogP contribution in [0.25, 0.3) is 0 Å². The molecule has 2 nitrogen and oxygen atoms in total. The van der Waals surface area contributed by atoms with Crippen LogP contribution in [0.1, 0.15) is 17.0 Å². The van der Waals surface area contributed by atoms with Crippen LogP contribution in [0, 0.1) is 0 Å². The fourth-order valence-corrected chi connectivity index (χ4v) is 2.38. The zero-order valence-electron chi connectivity index (χ0n) is 9.93. The summed E-state index contributed by atoms with van der Waals surface area (Å²) in [6.07, 6.45) is 5.27. The van der Waals surface area contributed by atoms with Gasteiger partial charge in [0.25, 0.3) is 0 Å². The van der Waals surface area contributed by atoms with E-state index in [2.05, 4.69) is 40.6 Å². The van der Waals surface area contributed by atoms with Gasteiger partial charge in [-0.15, -0.1) is 11.3 Å². The Hall–Kier alpha value is -1.19. The zero-order chi connectivity index (χ0) is 11.8. The van der Waals surface area contributed by atoms with Gasteiger partial charge in [-0.25, -0.2) is 4.98 Å². The molecule has 1 aromatic carbocycles. The van der Waals surface area contributed by atoms with Gasteiger partial charge >= 0.3 is 0 Å². The fourth-order valence-electron chi connectivity index (χ4n) is 1.76. The van der Waals surface area contributed by atoms with Gasteiger partial charge in [0.1, 0.15) is 0 Å². The second kappa shape index (κ2) is 7.20. The summed E-state index contributed by atoms with van der Waals surface area (Å²) in [6.45, 7) is 2.11. The van der Waals surface area contributed by atoms with E-state index in [-0.39, 0.29) is 0 Å². The van der Waals surface area contributed by atoms with Crippen molar-refractivity contribution >= 4 is 11.3 Å².